The topological polar surface area (TPSA) is 57.4 Å². The molecule has 102 valence electrons. The van der Waals surface area contributed by atoms with Gasteiger partial charge < -0.3 is 15.2 Å². The Morgan fingerprint density at radius 3 is 2.44 bits per heavy atom. The van der Waals surface area contributed by atoms with Gasteiger partial charge in [-0.1, -0.05) is 0 Å². The summed E-state index contributed by atoms with van der Waals surface area (Å²) in [5.74, 6) is 0.891. The van der Waals surface area contributed by atoms with Gasteiger partial charge in [0.05, 0.1) is 12.7 Å². The zero-order valence-corrected chi connectivity index (χ0v) is 12.2. The van der Waals surface area contributed by atoms with Crippen LogP contribution in [-0.4, -0.2) is 30.8 Å². The molecule has 18 heavy (non-hydrogen) atoms. The molecule has 2 N–H and O–H groups in total. The molecule has 0 spiro atoms. The van der Waals surface area contributed by atoms with Crippen LogP contribution in [0, 0.1) is 13.8 Å². The average Bonchev–Trinajstić information content (AvgIpc) is 2.33. The maximum atomic E-state index is 6.19. The molecule has 4 heteroatoms. The van der Waals surface area contributed by atoms with Crippen LogP contribution in [0.1, 0.15) is 30.7 Å². The summed E-state index contributed by atoms with van der Waals surface area (Å²) >= 11 is 0. The van der Waals surface area contributed by atoms with E-state index >= 15 is 0 Å². The Hall–Kier alpha value is -1.13. The van der Waals surface area contributed by atoms with E-state index in [9.17, 15) is 0 Å². The number of rotatable bonds is 5. The van der Waals surface area contributed by atoms with E-state index in [0.717, 1.165) is 22.6 Å². The van der Waals surface area contributed by atoms with Crippen LogP contribution in [0.5, 0.6) is 5.75 Å². The molecule has 1 rings (SSSR count). The van der Waals surface area contributed by atoms with E-state index in [2.05, 4.69) is 4.98 Å². The van der Waals surface area contributed by atoms with Crippen molar-refractivity contribution in [2.45, 2.75) is 45.8 Å². The molecule has 0 saturated heterocycles. The van der Waals surface area contributed by atoms with Gasteiger partial charge in [0.2, 0.25) is 0 Å². The highest BCUT2D eigenvalue weighted by Crippen LogP contribution is 2.26. The minimum atomic E-state index is -0.369. The Labute approximate surface area is 110 Å². The van der Waals surface area contributed by atoms with Crippen LogP contribution in [0.3, 0.4) is 0 Å². The molecular weight excluding hydrogens is 228 g/mol. The quantitative estimate of drug-likeness (QED) is 0.871. The first-order valence-electron chi connectivity index (χ1n) is 6.13. The molecule has 0 aliphatic carbocycles. The molecule has 0 aliphatic rings. The van der Waals surface area contributed by atoms with Crippen LogP contribution in [0.4, 0.5) is 0 Å². The van der Waals surface area contributed by atoms with Crippen molar-refractivity contribution in [3.63, 3.8) is 0 Å². The van der Waals surface area contributed by atoms with Crippen molar-refractivity contribution in [2.75, 3.05) is 14.2 Å². The third-order valence-electron chi connectivity index (χ3n) is 3.58. The van der Waals surface area contributed by atoms with Gasteiger partial charge in [0.25, 0.3) is 0 Å². The summed E-state index contributed by atoms with van der Waals surface area (Å²) in [7, 11) is 3.36. The van der Waals surface area contributed by atoms with Gasteiger partial charge in [0.15, 0.2) is 0 Å². The number of hydrogen-bond acceptors (Lipinski definition) is 4. The number of nitrogens with zero attached hydrogens (tertiary/aromatic N) is 1. The number of ether oxygens (including phenoxy) is 2. The molecule has 0 saturated carbocycles. The lowest BCUT2D eigenvalue weighted by atomic mass is 9.93. The van der Waals surface area contributed by atoms with E-state index in [-0.39, 0.29) is 11.6 Å². The second kappa shape index (κ2) is 5.67. The van der Waals surface area contributed by atoms with Gasteiger partial charge >= 0.3 is 0 Å². The summed E-state index contributed by atoms with van der Waals surface area (Å²) in [6.07, 6.45) is 2.50. The summed E-state index contributed by atoms with van der Waals surface area (Å²) in [4.78, 5) is 4.46. The minimum Gasteiger partial charge on any atom is -0.496 e. The predicted octanol–water partition coefficient (Wildman–Crippen LogP) is 2.00. The Kier molecular flexibility index (Phi) is 4.71. The molecule has 1 unspecified atom stereocenters. The number of hydrogen-bond donors (Lipinski definition) is 1. The second-order valence-corrected chi connectivity index (χ2v) is 5.16. The van der Waals surface area contributed by atoms with Crippen molar-refractivity contribution in [2.24, 2.45) is 5.73 Å². The molecule has 0 aliphatic heterocycles. The van der Waals surface area contributed by atoms with Gasteiger partial charge in [-0.15, -0.1) is 0 Å². The van der Waals surface area contributed by atoms with Gasteiger partial charge in [-0.2, -0.15) is 0 Å². The van der Waals surface area contributed by atoms with Crippen molar-refractivity contribution < 1.29 is 9.47 Å². The van der Waals surface area contributed by atoms with Gasteiger partial charge in [-0.25, -0.2) is 0 Å². The fourth-order valence-electron chi connectivity index (χ4n) is 1.88. The summed E-state index contributed by atoms with van der Waals surface area (Å²) in [6, 6.07) is -0.110. The molecule has 0 bridgehead atoms. The number of methoxy groups -OCH3 is 2. The van der Waals surface area contributed by atoms with Crippen LogP contribution in [-0.2, 0) is 11.2 Å². The van der Waals surface area contributed by atoms with Crippen molar-refractivity contribution in [1.82, 2.24) is 4.98 Å². The first-order valence-corrected chi connectivity index (χ1v) is 6.13. The van der Waals surface area contributed by atoms with E-state index < -0.39 is 0 Å². The zero-order valence-electron chi connectivity index (χ0n) is 12.2. The van der Waals surface area contributed by atoms with Gasteiger partial charge in [0.1, 0.15) is 5.75 Å². The Morgan fingerprint density at radius 2 is 1.94 bits per heavy atom. The molecule has 1 heterocycles. The molecule has 0 amide bonds. The predicted molar refractivity (Wildman–Crippen MR) is 73.0 cm³/mol. The zero-order chi connectivity index (χ0) is 13.9. The normalized spacial score (nSPS) is 13.5. The van der Waals surface area contributed by atoms with Crippen LogP contribution in [0.25, 0.3) is 0 Å². The molecule has 1 aromatic rings. The molecule has 0 fully saturated rings. The average molecular weight is 252 g/mol. The van der Waals surface area contributed by atoms with Gasteiger partial charge in [-0.3, -0.25) is 4.98 Å². The molecule has 4 nitrogen and oxygen atoms in total. The van der Waals surface area contributed by atoms with E-state index in [4.69, 9.17) is 15.2 Å². The van der Waals surface area contributed by atoms with Crippen LogP contribution < -0.4 is 10.5 Å². The first kappa shape index (κ1) is 14.9. The Morgan fingerprint density at radius 1 is 1.33 bits per heavy atom. The minimum absolute atomic E-state index is 0.110. The monoisotopic (exact) mass is 252 g/mol. The highest BCUT2D eigenvalue weighted by atomic mass is 16.5. The largest absolute Gasteiger partial charge is 0.496 e. The Bertz CT molecular complexity index is 417. The summed E-state index contributed by atoms with van der Waals surface area (Å²) in [5.41, 5.74) is 8.88. The maximum absolute atomic E-state index is 6.19. The van der Waals surface area contributed by atoms with Crippen LogP contribution in [0.2, 0.25) is 0 Å². The summed E-state index contributed by atoms with van der Waals surface area (Å²) in [6.45, 7) is 7.97. The fourth-order valence-corrected chi connectivity index (χ4v) is 1.88. The number of aromatic nitrogens is 1. The van der Waals surface area contributed by atoms with Crippen LogP contribution >= 0.6 is 0 Å². The number of nitrogens with two attached hydrogens (primary N) is 1. The smallest absolute Gasteiger partial charge is 0.128 e. The van der Waals surface area contributed by atoms with E-state index in [1.54, 1.807) is 14.2 Å². The maximum Gasteiger partial charge on any atom is 0.128 e. The number of pyridine rings is 1. The van der Waals surface area contributed by atoms with Crippen molar-refractivity contribution in [3.05, 3.63) is 23.0 Å². The molecule has 1 aromatic heterocycles. The molecule has 0 radical (unpaired) electrons. The number of aryl methyl sites for hydroxylation is 1. The lowest BCUT2D eigenvalue weighted by Crippen LogP contribution is -2.46. The molecule has 0 aromatic carbocycles. The first-order chi connectivity index (χ1) is 8.33. The molecule has 1 atom stereocenters. The fraction of sp³-hybridized carbons (Fsp3) is 0.643. The standard InChI is InChI=1S/C14H24N2O2/c1-9-8-16-11(10(2)13(9)17-5)7-12(15)14(3,4)18-6/h8,12H,7,15H2,1-6H3. The lowest BCUT2D eigenvalue weighted by molar-refractivity contribution is 0.000534. The highest BCUT2D eigenvalue weighted by Gasteiger charge is 2.27. The second-order valence-electron chi connectivity index (χ2n) is 5.16. The third kappa shape index (κ3) is 3.00. The van der Waals surface area contributed by atoms with Crippen molar-refractivity contribution in [1.29, 1.82) is 0 Å². The summed E-state index contributed by atoms with van der Waals surface area (Å²) in [5, 5.41) is 0. The lowest BCUT2D eigenvalue weighted by Gasteiger charge is -2.30. The SMILES string of the molecule is COc1c(C)cnc(CC(N)C(C)(C)OC)c1C. The highest BCUT2D eigenvalue weighted by molar-refractivity contribution is 5.41. The van der Waals surface area contributed by atoms with E-state index in [1.165, 1.54) is 0 Å². The van der Waals surface area contributed by atoms with Gasteiger partial charge in [0, 0.05) is 42.6 Å². The van der Waals surface area contributed by atoms with Crippen molar-refractivity contribution in [3.8, 4) is 5.75 Å². The van der Waals surface area contributed by atoms with Gasteiger partial charge in [-0.05, 0) is 27.7 Å². The van der Waals surface area contributed by atoms with E-state index in [1.807, 2.05) is 33.9 Å². The third-order valence-corrected chi connectivity index (χ3v) is 3.58. The molecular formula is C14H24N2O2. The van der Waals surface area contributed by atoms with E-state index in [0.29, 0.717) is 6.42 Å². The summed E-state index contributed by atoms with van der Waals surface area (Å²) < 4.78 is 10.8. The van der Waals surface area contributed by atoms with Crippen LogP contribution in [0.15, 0.2) is 6.20 Å². The Balaban J connectivity index is 2.99. The van der Waals surface area contributed by atoms with Crippen molar-refractivity contribution >= 4 is 0 Å².